The molecule has 4 heteroatoms. The van der Waals surface area contributed by atoms with Crippen LogP contribution in [0.4, 0.5) is 0 Å². The van der Waals surface area contributed by atoms with Crippen LogP contribution < -0.4 is 0 Å². The fourth-order valence-electron chi connectivity index (χ4n) is 10.6. The topological polar surface area (TPSA) is 77.8 Å². The maximum Gasteiger partial charge on any atom is 0.309 e. The van der Waals surface area contributed by atoms with Crippen molar-refractivity contribution in [3.63, 3.8) is 0 Å². The molecular weight excluding hydrogens is 424 g/mol. The highest BCUT2D eigenvalue weighted by Gasteiger charge is 2.69. The molecule has 4 saturated carbocycles. The molecule has 3 N–H and O–H groups in total. The van der Waals surface area contributed by atoms with Gasteiger partial charge in [-0.1, -0.05) is 53.2 Å². The molecule has 4 fully saturated rings. The molecule has 0 aromatic rings. The van der Waals surface area contributed by atoms with Gasteiger partial charge in [0.2, 0.25) is 0 Å². The first-order chi connectivity index (χ1) is 15.6. The Balaban J connectivity index is 1.59. The number of rotatable bonds is 1. The zero-order valence-electron chi connectivity index (χ0n) is 22.6. The lowest BCUT2D eigenvalue weighted by atomic mass is 9.33. The van der Waals surface area contributed by atoms with Crippen LogP contribution in [-0.4, -0.2) is 33.5 Å². The van der Waals surface area contributed by atoms with Crippen molar-refractivity contribution >= 4 is 5.97 Å². The highest BCUT2D eigenvalue weighted by molar-refractivity contribution is 5.74. The molecule has 192 valence electrons. The Bertz CT molecular complexity index is 923. The Morgan fingerprint density at radius 3 is 2.15 bits per heavy atom. The molecule has 5 aliphatic carbocycles. The lowest BCUT2D eigenvalue weighted by Gasteiger charge is -2.71. The lowest BCUT2D eigenvalue weighted by Crippen LogP contribution is -2.65. The molecule has 0 unspecified atom stereocenters. The fraction of sp³-hybridized carbons (Fsp3) is 0.900. The number of aliphatic hydroxyl groups excluding tert-OH is 2. The van der Waals surface area contributed by atoms with Gasteiger partial charge in [-0.25, -0.2) is 0 Å². The molecule has 0 saturated heterocycles. The van der Waals surface area contributed by atoms with Crippen LogP contribution in [0.3, 0.4) is 0 Å². The van der Waals surface area contributed by atoms with E-state index in [0.29, 0.717) is 24.7 Å². The van der Waals surface area contributed by atoms with Crippen LogP contribution in [0.25, 0.3) is 0 Å². The van der Waals surface area contributed by atoms with E-state index in [1.165, 1.54) is 12.0 Å². The first kappa shape index (κ1) is 24.8. The van der Waals surface area contributed by atoms with Gasteiger partial charge in [0, 0.05) is 5.41 Å². The van der Waals surface area contributed by atoms with Crippen LogP contribution >= 0.6 is 0 Å². The van der Waals surface area contributed by atoms with Crippen molar-refractivity contribution in [3.8, 4) is 0 Å². The molecule has 4 nitrogen and oxygen atoms in total. The maximum atomic E-state index is 12.3. The summed E-state index contributed by atoms with van der Waals surface area (Å²) in [6.07, 6.45) is 10.1. The van der Waals surface area contributed by atoms with Gasteiger partial charge in [-0.3, -0.25) is 4.79 Å². The smallest absolute Gasteiger partial charge is 0.309 e. The standard InChI is InChI=1S/C30H48O4/c1-25(2)20-10-13-30(7)21(28(20,5)12-11-22(25)31)9-8-18-19-16-26(3,24(33)34)17-23(32)27(19,4)14-15-29(18,30)6/h8,19-23,31-32H,9-17H2,1-7H3,(H,33,34)/t19-,20+,21-,22+,23-,26+,27-,28+,29-,30-/m1/s1. The van der Waals surface area contributed by atoms with Gasteiger partial charge >= 0.3 is 5.97 Å². The number of aliphatic carboxylic acids is 1. The molecular formula is C30H48O4. The quantitative estimate of drug-likeness (QED) is 0.397. The summed E-state index contributed by atoms with van der Waals surface area (Å²) >= 11 is 0. The summed E-state index contributed by atoms with van der Waals surface area (Å²) in [6, 6.07) is 0. The number of hydrogen-bond donors (Lipinski definition) is 3. The largest absolute Gasteiger partial charge is 0.481 e. The van der Waals surface area contributed by atoms with Crippen LogP contribution in [0.1, 0.15) is 106 Å². The highest BCUT2D eigenvalue weighted by Crippen LogP contribution is 2.75. The van der Waals surface area contributed by atoms with Gasteiger partial charge in [-0.05, 0) is 104 Å². The molecule has 0 heterocycles. The van der Waals surface area contributed by atoms with E-state index >= 15 is 0 Å². The minimum absolute atomic E-state index is 0.0325. The zero-order valence-corrected chi connectivity index (χ0v) is 22.6. The van der Waals surface area contributed by atoms with Gasteiger partial charge in [0.05, 0.1) is 17.6 Å². The Morgan fingerprint density at radius 2 is 1.50 bits per heavy atom. The van der Waals surface area contributed by atoms with Crippen molar-refractivity contribution in [1.29, 1.82) is 0 Å². The van der Waals surface area contributed by atoms with Gasteiger partial charge in [0.25, 0.3) is 0 Å². The summed E-state index contributed by atoms with van der Waals surface area (Å²) in [5.41, 5.74) is 0.706. The van der Waals surface area contributed by atoms with Crippen molar-refractivity contribution in [2.24, 2.45) is 50.2 Å². The average Bonchev–Trinajstić information content (AvgIpc) is 2.73. The predicted molar refractivity (Wildman–Crippen MR) is 134 cm³/mol. The van der Waals surface area contributed by atoms with Crippen molar-refractivity contribution in [3.05, 3.63) is 11.6 Å². The monoisotopic (exact) mass is 472 g/mol. The molecule has 0 amide bonds. The summed E-state index contributed by atoms with van der Waals surface area (Å²) in [6.45, 7) is 16.2. The number of carboxylic acids is 1. The number of fused-ring (bicyclic) bond motifs is 7. The second kappa shape index (κ2) is 7.12. The van der Waals surface area contributed by atoms with Crippen LogP contribution in [0.5, 0.6) is 0 Å². The Labute approximate surface area is 206 Å². The average molecular weight is 473 g/mol. The van der Waals surface area contributed by atoms with Gasteiger partial charge in [0.1, 0.15) is 0 Å². The summed E-state index contributed by atoms with van der Waals surface area (Å²) in [4.78, 5) is 12.3. The Hall–Kier alpha value is -0.870. The third-order valence-electron chi connectivity index (χ3n) is 13.4. The molecule has 0 spiro atoms. The van der Waals surface area contributed by atoms with Crippen molar-refractivity contribution in [2.75, 3.05) is 0 Å². The van der Waals surface area contributed by atoms with E-state index in [0.717, 1.165) is 38.5 Å². The number of allylic oxidation sites excluding steroid dienone is 2. The van der Waals surface area contributed by atoms with Crippen LogP contribution in [0, 0.1) is 50.2 Å². The van der Waals surface area contributed by atoms with Gasteiger partial charge in [-0.2, -0.15) is 0 Å². The van der Waals surface area contributed by atoms with E-state index in [2.05, 4.69) is 47.6 Å². The molecule has 5 rings (SSSR count). The number of hydrogen-bond acceptors (Lipinski definition) is 3. The van der Waals surface area contributed by atoms with Gasteiger partial charge in [0.15, 0.2) is 0 Å². The molecule has 0 aliphatic heterocycles. The molecule has 0 aromatic carbocycles. The lowest BCUT2D eigenvalue weighted by molar-refractivity contribution is -0.208. The minimum atomic E-state index is -0.867. The van der Waals surface area contributed by atoms with E-state index in [-0.39, 0.29) is 39.1 Å². The predicted octanol–water partition coefficient (Wildman–Crippen LogP) is 6.20. The Morgan fingerprint density at radius 1 is 0.824 bits per heavy atom. The minimum Gasteiger partial charge on any atom is -0.481 e. The molecule has 0 bridgehead atoms. The van der Waals surface area contributed by atoms with E-state index in [1.807, 2.05) is 6.92 Å². The van der Waals surface area contributed by atoms with Crippen molar-refractivity contribution < 1.29 is 20.1 Å². The van der Waals surface area contributed by atoms with Gasteiger partial charge < -0.3 is 15.3 Å². The summed E-state index contributed by atoms with van der Waals surface area (Å²) in [5, 5.41) is 32.2. The molecule has 10 atom stereocenters. The SMILES string of the molecule is CC1(C)[C@@H](O)CC[C@]2(C)[C@H]3CC=C4[C@H]5C[C@](C)(C(=O)O)C[C@@H](O)[C@]5(C)CC[C@@]4(C)[C@]3(C)CC[C@@H]12. The second-order valence-corrected chi connectivity index (χ2v) is 15.0. The third-order valence-corrected chi connectivity index (χ3v) is 13.4. The fourth-order valence-corrected chi connectivity index (χ4v) is 10.6. The summed E-state index contributed by atoms with van der Waals surface area (Å²) in [7, 11) is 0. The molecule has 0 radical (unpaired) electrons. The van der Waals surface area contributed by atoms with Crippen molar-refractivity contribution in [2.45, 2.75) is 118 Å². The van der Waals surface area contributed by atoms with Crippen LogP contribution in [0.15, 0.2) is 11.6 Å². The van der Waals surface area contributed by atoms with Crippen LogP contribution in [0.2, 0.25) is 0 Å². The number of aliphatic hydroxyl groups is 2. The van der Waals surface area contributed by atoms with E-state index in [4.69, 9.17) is 0 Å². The highest BCUT2D eigenvalue weighted by atomic mass is 16.4. The first-order valence-electron chi connectivity index (χ1n) is 13.9. The maximum absolute atomic E-state index is 12.3. The number of carboxylic acid groups (broad SMARTS) is 1. The van der Waals surface area contributed by atoms with E-state index < -0.39 is 17.5 Å². The van der Waals surface area contributed by atoms with Crippen LogP contribution in [-0.2, 0) is 4.79 Å². The van der Waals surface area contributed by atoms with E-state index in [1.54, 1.807) is 0 Å². The third kappa shape index (κ3) is 2.82. The number of carbonyl (C=O) groups is 1. The summed E-state index contributed by atoms with van der Waals surface area (Å²) in [5.74, 6) is 0.463. The normalized spacial score (nSPS) is 56.3. The van der Waals surface area contributed by atoms with Crippen molar-refractivity contribution in [1.82, 2.24) is 0 Å². The summed E-state index contributed by atoms with van der Waals surface area (Å²) < 4.78 is 0. The molecule has 34 heavy (non-hydrogen) atoms. The Kier molecular flexibility index (Phi) is 5.20. The van der Waals surface area contributed by atoms with Gasteiger partial charge in [-0.15, -0.1) is 0 Å². The zero-order chi connectivity index (χ0) is 25.1. The first-order valence-corrected chi connectivity index (χ1v) is 13.9. The van der Waals surface area contributed by atoms with E-state index in [9.17, 15) is 20.1 Å². The molecule has 5 aliphatic rings. The molecule has 0 aromatic heterocycles. The second-order valence-electron chi connectivity index (χ2n) is 15.0.